The number of carbonyl (C=O) groups is 1. The van der Waals surface area contributed by atoms with Crippen molar-refractivity contribution < 1.29 is 14.6 Å². The van der Waals surface area contributed by atoms with Gasteiger partial charge in [0.2, 0.25) is 0 Å². The molecule has 15 heavy (non-hydrogen) atoms. The molecular formula is C10H14N2O3. The predicted molar refractivity (Wildman–Crippen MR) is 52.8 cm³/mol. The van der Waals surface area contributed by atoms with Crippen molar-refractivity contribution in [3.8, 4) is 0 Å². The average Bonchev–Trinajstić information content (AvgIpc) is 2.61. The molecule has 1 aliphatic rings. The van der Waals surface area contributed by atoms with Crippen LogP contribution in [0.15, 0.2) is 6.20 Å². The molecule has 0 amide bonds. The number of hydrogen-bond donors (Lipinski definition) is 1. The summed E-state index contributed by atoms with van der Waals surface area (Å²) >= 11 is 0. The minimum absolute atomic E-state index is 0.0909. The minimum atomic E-state index is -0.936. The highest BCUT2D eigenvalue weighted by Crippen LogP contribution is 2.24. The van der Waals surface area contributed by atoms with Crippen molar-refractivity contribution in [2.75, 3.05) is 6.61 Å². The normalized spacial score (nSPS) is 21.5. The van der Waals surface area contributed by atoms with E-state index in [4.69, 9.17) is 9.84 Å². The fraction of sp³-hybridized carbons (Fsp3) is 0.600. The van der Waals surface area contributed by atoms with Gasteiger partial charge in [-0.25, -0.2) is 9.48 Å². The van der Waals surface area contributed by atoms with Gasteiger partial charge in [0.1, 0.15) is 11.8 Å². The lowest BCUT2D eigenvalue weighted by Crippen LogP contribution is -2.20. The molecule has 0 aromatic carbocycles. The van der Waals surface area contributed by atoms with Gasteiger partial charge in [-0.05, 0) is 26.2 Å². The Morgan fingerprint density at radius 3 is 3.00 bits per heavy atom. The number of rotatable bonds is 2. The van der Waals surface area contributed by atoms with Crippen LogP contribution in [0.25, 0.3) is 0 Å². The second-order valence-corrected chi connectivity index (χ2v) is 3.71. The maximum atomic E-state index is 10.8. The van der Waals surface area contributed by atoms with Crippen LogP contribution in [0.1, 0.15) is 41.5 Å². The van der Waals surface area contributed by atoms with Crippen LogP contribution in [0.5, 0.6) is 0 Å². The standard InChI is InChI=1S/C10H14N2O3/c1-7-8(10(13)14)6-11-12(7)9-4-2-3-5-15-9/h6,9H,2-5H2,1H3,(H,13,14). The summed E-state index contributed by atoms with van der Waals surface area (Å²) in [5, 5.41) is 13.0. The first-order valence-corrected chi connectivity index (χ1v) is 5.09. The number of carboxylic acids is 1. The summed E-state index contributed by atoms with van der Waals surface area (Å²) in [5.41, 5.74) is 0.915. The van der Waals surface area contributed by atoms with Gasteiger partial charge in [0.15, 0.2) is 0 Å². The fourth-order valence-corrected chi connectivity index (χ4v) is 1.84. The second-order valence-electron chi connectivity index (χ2n) is 3.71. The second kappa shape index (κ2) is 4.02. The van der Waals surface area contributed by atoms with E-state index in [-0.39, 0.29) is 11.8 Å². The smallest absolute Gasteiger partial charge is 0.339 e. The molecule has 0 aliphatic carbocycles. The van der Waals surface area contributed by atoms with Gasteiger partial charge in [0, 0.05) is 6.61 Å². The highest BCUT2D eigenvalue weighted by molar-refractivity contribution is 5.88. The molecule has 0 spiro atoms. The van der Waals surface area contributed by atoms with Crippen LogP contribution in [-0.4, -0.2) is 27.5 Å². The van der Waals surface area contributed by atoms with Crippen molar-refractivity contribution in [1.29, 1.82) is 0 Å². The summed E-state index contributed by atoms with van der Waals surface area (Å²) in [7, 11) is 0. The zero-order valence-electron chi connectivity index (χ0n) is 8.64. The SMILES string of the molecule is Cc1c(C(=O)O)cnn1C1CCCCO1. The fourth-order valence-electron chi connectivity index (χ4n) is 1.84. The molecule has 0 saturated carbocycles. The van der Waals surface area contributed by atoms with Gasteiger partial charge in [-0.15, -0.1) is 0 Å². The van der Waals surface area contributed by atoms with E-state index in [0.717, 1.165) is 25.9 Å². The minimum Gasteiger partial charge on any atom is -0.478 e. The number of nitrogens with zero attached hydrogens (tertiary/aromatic N) is 2. The Balaban J connectivity index is 2.24. The quantitative estimate of drug-likeness (QED) is 0.805. The first-order chi connectivity index (χ1) is 7.20. The molecule has 1 aromatic heterocycles. The number of aromatic nitrogens is 2. The molecule has 2 rings (SSSR count). The van der Waals surface area contributed by atoms with Crippen LogP contribution in [-0.2, 0) is 4.74 Å². The van der Waals surface area contributed by atoms with E-state index in [9.17, 15) is 4.79 Å². The summed E-state index contributed by atoms with van der Waals surface area (Å²) < 4.78 is 7.21. The zero-order valence-corrected chi connectivity index (χ0v) is 8.64. The number of carboxylic acid groups (broad SMARTS) is 1. The molecule has 0 bridgehead atoms. The van der Waals surface area contributed by atoms with E-state index in [1.807, 2.05) is 0 Å². The maximum absolute atomic E-state index is 10.8. The molecule has 82 valence electrons. The van der Waals surface area contributed by atoms with Crippen molar-refractivity contribution >= 4 is 5.97 Å². The lowest BCUT2D eigenvalue weighted by Gasteiger charge is -2.23. The van der Waals surface area contributed by atoms with Gasteiger partial charge in [-0.3, -0.25) is 0 Å². The Bertz CT molecular complexity index is 367. The highest BCUT2D eigenvalue weighted by Gasteiger charge is 2.21. The zero-order chi connectivity index (χ0) is 10.8. The van der Waals surface area contributed by atoms with E-state index in [2.05, 4.69) is 5.10 Å². The van der Waals surface area contributed by atoms with Crippen LogP contribution < -0.4 is 0 Å². The lowest BCUT2D eigenvalue weighted by atomic mass is 10.2. The third-order valence-electron chi connectivity index (χ3n) is 2.70. The maximum Gasteiger partial charge on any atom is 0.339 e. The molecule has 5 nitrogen and oxygen atoms in total. The van der Waals surface area contributed by atoms with Crippen LogP contribution in [0, 0.1) is 6.92 Å². The third-order valence-corrected chi connectivity index (χ3v) is 2.70. The summed E-state index contributed by atoms with van der Waals surface area (Å²) in [6.45, 7) is 2.49. The first kappa shape index (κ1) is 10.2. The van der Waals surface area contributed by atoms with Gasteiger partial charge in [-0.1, -0.05) is 0 Å². The lowest BCUT2D eigenvalue weighted by molar-refractivity contribution is -0.0406. The van der Waals surface area contributed by atoms with E-state index in [1.165, 1.54) is 6.20 Å². The molecule has 1 unspecified atom stereocenters. The van der Waals surface area contributed by atoms with Gasteiger partial charge in [0.05, 0.1) is 11.9 Å². The monoisotopic (exact) mass is 210 g/mol. The van der Waals surface area contributed by atoms with Crippen molar-refractivity contribution in [2.24, 2.45) is 0 Å². The van der Waals surface area contributed by atoms with Crippen LogP contribution in [0.4, 0.5) is 0 Å². The predicted octanol–water partition coefficient (Wildman–Crippen LogP) is 1.59. The van der Waals surface area contributed by atoms with Crippen LogP contribution in [0.3, 0.4) is 0 Å². The van der Waals surface area contributed by atoms with Crippen molar-refractivity contribution in [1.82, 2.24) is 9.78 Å². The van der Waals surface area contributed by atoms with E-state index < -0.39 is 5.97 Å². The Hall–Kier alpha value is -1.36. The van der Waals surface area contributed by atoms with E-state index in [1.54, 1.807) is 11.6 Å². The average molecular weight is 210 g/mol. The summed E-state index contributed by atoms with van der Waals surface area (Å²) in [5.74, 6) is -0.936. The number of aromatic carboxylic acids is 1. The Morgan fingerprint density at radius 2 is 2.47 bits per heavy atom. The summed E-state index contributed by atoms with van der Waals surface area (Å²) in [6.07, 6.45) is 4.37. The summed E-state index contributed by atoms with van der Waals surface area (Å²) in [4.78, 5) is 10.8. The van der Waals surface area contributed by atoms with Gasteiger partial charge in [0.25, 0.3) is 0 Å². The molecule has 5 heteroatoms. The number of ether oxygens (including phenoxy) is 1. The van der Waals surface area contributed by atoms with E-state index >= 15 is 0 Å². The van der Waals surface area contributed by atoms with Gasteiger partial charge >= 0.3 is 5.97 Å². The number of hydrogen-bond acceptors (Lipinski definition) is 3. The Kier molecular flexibility index (Phi) is 2.73. The molecule has 1 saturated heterocycles. The molecule has 2 heterocycles. The van der Waals surface area contributed by atoms with Gasteiger partial charge < -0.3 is 9.84 Å². The molecule has 1 fully saturated rings. The van der Waals surface area contributed by atoms with E-state index in [0.29, 0.717) is 5.69 Å². The third kappa shape index (κ3) is 1.87. The topological polar surface area (TPSA) is 64.3 Å². The molecular weight excluding hydrogens is 196 g/mol. The molecule has 0 radical (unpaired) electrons. The highest BCUT2D eigenvalue weighted by atomic mass is 16.5. The van der Waals surface area contributed by atoms with Crippen molar-refractivity contribution in [2.45, 2.75) is 32.4 Å². The summed E-state index contributed by atoms with van der Waals surface area (Å²) in [6, 6.07) is 0. The van der Waals surface area contributed by atoms with Gasteiger partial charge in [-0.2, -0.15) is 5.10 Å². The first-order valence-electron chi connectivity index (χ1n) is 5.09. The molecule has 1 aliphatic heterocycles. The molecule has 1 N–H and O–H groups in total. The largest absolute Gasteiger partial charge is 0.478 e. The van der Waals surface area contributed by atoms with Crippen molar-refractivity contribution in [3.05, 3.63) is 17.5 Å². The molecule has 1 atom stereocenters. The van der Waals surface area contributed by atoms with Crippen molar-refractivity contribution in [3.63, 3.8) is 0 Å². The Morgan fingerprint density at radius 1 is 1.67 bits per heavy atom. The molecule has 1 aromatic rings. The van der Waals surface area contributed by atoms with Crippen LogP contribution in [0.2, 0.25) is 0 Å². The van der Waals surface area contributed by atoms with Crippen LogP contribution >= 0.6 is 0 Å². The Labute approximate surface area is 87.7 Å².